The number of likely N-dealkylation sites (N-methyl/N-ethyl adjacent to an activating group) is 1. The molecule has 2 rings (SSSR count). The Morgan fingerprint density at radius 3 is 2.47 bits per heavy atom. The van der Waals surface area contributed by atoms with Crippen LogP contribution in [0, 0.1) is 5.92 Å². The molecule has 0 unspecified atom stereocenters. The molecule has 1 aliphatic carbocycles. The van der Waals surface area contributed by atoms with Gasteiger partial charge in [-0.3, -0.25) is 0 Å². The van der Waals surface area contributed by atoms with E-state index < -0.39 is 0 Å². The molecule has 106 valence electrons. The van der Waals surface area contributed by atoms with Crippen LogP contribution >= 0.6 is 0 Å². The van der Waals surface area contributed by atoms with Crippen LogP contribution in [0.5, 0.6) is 0 Å². The van der Waals surface area contributed by atoms with Gasteiger partial charge in [0.05, 0.1) is 0 Å². The molecule has 5 heteroatoms. The third-order valence-electron chi connectivity index (χ3n) is 3.85. The molecule has 0 atom stereocenters. The van der Waals surface area contributed by atoms with E-state index in [9.17, 15) is 0 Å². The number of nitrogens with one attached hydrogen (secondary N) is 3. The van der Waals surface area contributed by atoms with Crippen molar-refractivity contribution in [3.8, 4) is 0 Å². The maximum absolute atomic E-state index is 4.26. The van der Waals surface area contributed by atoms with Crippen molar-refractivity contribution in [3.63, 3.8) is 0 Å². The van der Waals surface area contributed by atoms with Crippen molar-refractivity contribution in [1.82, 2.24) is 15.3 Å². The Hall–Kier alpha value is -1.36. The summed E-state index contributed by atoms with van der Waals surface area (Å²) in [6.45, 7) is 6.15. The number of aromatic nitrogens is 2. The average Bonchev–Trinajstić information content (AvgIpc) is 2.35. The number of anilines is 2. The fraction of sp³-hybridized carbons (Fsp3) is 0.714. The van der Waals surface area contributed by atoms with Crippen molar-refractivity contribution in [2.45, 2.75) is 38.6 Å². The minimum atomic E-state index is 0.0461. The predicted molar refractivity (Wildman–Crippen MR) is 79.5 cm³/mol. The van der Waals surface area contributed by atoms with Gasteiger partial charge < -0.3 is 16.0 Å². The Kier molecular flexibility index (Phi) is 4.58. The highest BCUT2D eigenvalue weighted by Crippen LogP contribution is 2.26. The van der Waals surface area contributed by atoms with E-state index in [0.29, 0.717) is 0 Å². The predicted octanol–water partition coefficient (Wildman–Crippen LogP) is 2.10. The topological polar surface area (TPSA) is 61.9 Å². The molecule has 1 aromatic heterocycles. The molecule has 19 heavy (non-hydrogen) atoms. The summed E-state index contributed by atoms with van der Waals surface area (Å²) >= 11 is 0. The van der Waals surface area contributed by atoms with Gasteiger partial charge >= 0.3 is 0 Å². The van der Waals surface area contributed by atoms with Gasteiger partial charge in [0.25, 0.3) is 0 Å². The van der Waals surface area contributed by atoms with E-state index in [2.05, 4.69) is 39.8 Å². The summed E-state index contributed by atoms with van der Waals surface area (Å²) in [4.78, 5) is 8.50. The second-order valence-electron chi connectivity index (χ2n) is 5.95. The first-order valence-corrected chi connectivity index (χ1v) is 7.08. The summed E-state index contributed by atoms with van der Waals surface area (Å²) in [5, 5.41) is 9.99. The number of hydrogen-bond acceptors (Lipinski definition) is 5. The Bertz CT molecular complexity index is 401. The highest BCUT2D eigenvalue weighted by atomic mass is 15.1. The van der Waals surface area contributed by atoms with Gasteiger partial charge in [-0.2, -0.15) is 0 Å². The van der Waals surface area contributed by atoms with E-state index in [4.69, 9.17) is 0 Å². The summed E-state index contributed by atoms with van der Waals surface area (Å²) < 4.78 is 0. The van der Waals surface area contributed by atoms with Crippen LogP contribution in [0.1, 0.15) is 33.1 Å². The maximum atomic E-state index is 4.26. The van der Waals surface area contributed by atoms with Gasteiger partial charge in [0.2, 0.25) is 0 Å². The molecular formula is C14H25N5. The van der Waals surface area contributed by atoms with Gasteiger partial charge in [0.1, 0.15) is 18.0 Å². The molecule has 1 saturated carbocycles. The van der Waals surface area contributed by atoms with Crippen molar-refractivity contribution >= 4 is 11.6 Å². The molecule has 1 heterocycles. The summed E-state index contributed by atoms with van der Waals surface area (Å²) in [5.41, 5.74) is 0.0461. The molecule has 1 fully saturated rings. The Labute approximate surface area is 115 Å². The highest BCUT2D eigenvalue weighted by Gasteiger charge is 2.17. The minimum absolute atomic E-state index is 0.0461. The Morgan fingerprint density at radius 2 is 1.89 bits per heavy atom. The molecule has 0 aromatic carbocycles. The Balaban J connectivity index is 1.83. The summed E-state index contributed by atoms with van der Waals surface area (Å²) in [7, 11) is 1.97. The monoisotopic (exact) mass is 263 g/mol. The van der Waals surface area contributed by atoms with E-state index in [1.807, 2.05) is 13.1 Å². The fourth-order valence-corrected chi connectivity index (χ4v) is 1.90. The molecule has 5 nitrogen and oxygen atoms in total. The first-order valence-electron chi connectivity index (χ1n) is 7.08. The summed E-state index contributed by atoms with van der Waals surface area (Å²) in [6.07, 6.45) is 5.68. The third kappa shape index (κ3) is 4.35. The summed E-state index contributed by atoms with van der Waals surface area (Å²) in [6, 6.07) is 1.98. The normalized spacial score (nSPS) is 15.9. The lowest BCUT2D eigenvalue weighted by Gasteiger charge is -2.26. The molecule has 1 aromatic rings. The third-order valence-corrected chi connectivity index (χ3v) is 3.85. The summed E-state index contributed by atoms with van der Waals surface area (Å²) in [5.74, 6) is 2.61. The van der Waals surface area contributed by atoms with Crippen LogP contribution in [-0.2, 0) is 0 Å². The first kappa shape index (κ1) is 14.1. The highest BCUT2D eigenvalue weighted by molar-refractivity contribution is 5.46. The number of nitrogens with zero attached hydrogens (tertiary/aromatic N) is 2. The molecule has 0 saturated heterocycles. The van der Waals surface area contributed by atoms with E-state index in [0.717, 1.165) is 30.6 Å². The van der Waals surface area contributed by atoms with Gasteiger partial charge in [0, 0.05) is 24.7 Å². The van der Waals surface area contributed by atoms with Crippen LogP contribution in [0.2, 0.25) is 0 Å². The molecular weight excluding hydrogens is 238 g/mol. The standard InChI is InChI=1S/C14H25N5/c1-14(2,15-3)9-17-13-7-12(18-10-19-13)16-8-11-5-4-6-11/h7,10-11,15H,4-6,8-9H2,1-3H3,(H2,16,17,18,19). The van der Waals surface area contributed by atoms with Crippen molar-refractivity contribution in [1.29, 1.82) is 0 Å². The van der Waals surface area contributed by atoms with Crippen LogP contribution in [0.4, 0.5) is 11.6 Å². The van der Waals surface area contributed by atoms with Gasteiger partial charge in [-0.1, -0.05) is 6.42 Å². The van der Waals surface area contributed by atoms with E-state index in [1.165, 1.54) is 19.3 Å². The van der Waals surface area contributed by atoms with Crippen molar-refractivity contribution in [2.75, 3.05) is 30.8 Å². The first-order chi connectivity index (χ1) is 9.09. The lowest BCUT2D eigenvalue weighted by atomic mass is 9.85. The lowest BCUT2D eigenvalue weighted by molar-refractivity contribution is 0.333. The molecule has 0 radical (unpaired) electrons. The minimum Gasteiger partial charge on any atom is -0.370 e. The van der Waals surface area contributed by atoms with Gasteiger partial charge in [-0.05, 0) is 39.7 Å². The van der Waals surface area contributed by atoms with Crippen molar-refractivity contribution < 1.29 is 0 Å². The fourth-order valence-electron chi connectivity index (χ4n) is 1.90. The smallest absolute Gasteiger partial charge is 0.131 e. The van der Waals surface area contributed by atoms with Crippen molar-refractivity contribution in [2.24, 2.45) is 5.92 Å². The van der Waals surface area contributed by atoms with Gasteiger partial charge in [-0.25, -0.2) is 9.97 Å². The SMILES string of the molecule is CNC(C)(C)CNc1cc(NCC2CCC2)ncn1. The molecule has 3 N–H and O–H groups in total. The van der Waals surface area contributed by atoms with Crippen LogP contribution in [0.15, 0.2) is 12.4 Å². The number of rotatable bonds is 7. The molecule has 0 spiro atoms. The molecule has 0 bridgehead atoms. The van der Waals surface area contributed by atoms with Crippen LogP contribution < -0.4 is 16.0 Å². The zero-order valence-electron chi connectivity index (χ0n) is 12.2. The largest absolute Gasteiger partial charge is 0.370 e. The van der Waals surface area contributed by atoms with Crippen molar-refractivity contribution in [3.05, 3.63) is 12.4 Å². The maximum Gasteiger partial charge on any atom is 0.131 e. The van der Waals surface area contributed by atoms with Crippen LogP contribution in [0.25, 0.3) is 0 Å². The van der Waals surface area contributed by atoms with Crippen LogP contribution in [0.3, 0.4) is 0 Å². The van der Waals surface area contributed by atoms with E-state index in [1.54, 1.807) is 6.33 Å². The lowest BCUT2D eigenvalue weighted by Crippen LogP contribution is -2.42. The zero-order valence-corrected chi connectivity index (χ0v) is 12.2. The quantitative estimate of drug-likeness (QED) is 0.703. The van der Waals surface area contributed by atoms with Crippen LogP contribution in [-0.4, -0.2) is 35.6 Å². The van der Waals surface area contributed by atoms with E-state index in [-0.39, 0.29) is 5.54 Å². The van der Waals surface area contributed by atoms with E-state index >= 15 is 0 Å². The molecule has 1 aliphatic rings. The second kappa shape index (κ2) is 6.19. The van der Waals surface area contributed by atoms with Gasteiger partial charge in [-0.15, -0.1) is 0 Å². The average molecular weight is 263 g/mol. The molecule has 0 amide bonds. The second-order valence-corrected chi connectivity index (χ2v) is 5.95. The number of hydrogen-bond donors (Lipinski definition) is 3. The van der Waals surface area contributed by atoms with Gasteiger partial charge in [0.15, 0.2) is 0 Å². The zero-order chi connectivity index (χ0) is 13.7. The Morgan fingerprint density at radius 1 is 1.21 bits per heavy atom. The molecule has 0 aliphatic heterocycles.